The van der Waals surface area contributed by atoms with Gasteiger partial charge in [-0.05, 0) is 43.5 Å². The number of aliphatic hydroxyl groups is 1. The van der Waals surface area contributed by atoms with E-state index in [1.165, 1.54) is 43.5 Å². The topological polar surface area (TPSA) is 26.7 Å². The Labute approximate surface area is 158 Å². The lowest BCUT2D eigenvalue weighted by atomic mass is 9.96. The molecule has 1 aliphatic rings. The fourth-order valence-electron chi connectivity index (χ4n) is 3.98. The number of rotatable bonds is 9. The van der Waals surface area contributed by atoms with Crippen LogP contribution in [-0.4, -0.2) is 54.2 Å². The maximum absolute atomic E-state index is 9.42. The third-order valence-electron chi connectivity index (χ3n) is 5.35. The summed E-state index contributed by atoms with van der Waals surface area (Å²) in [6, 6.07) is 21.8. The van der Waals surface area contributed by atoms with Gasteiger partial charge in [-0.2, -0.15) is 0 Å². The van der Waals surface area contributed by atoms with Gasteiger partial charge in [-0.1, -0.05) is 67.1 Å². The Bertz CT molecular complexity index is 571. The van der Waals surface area contributed by atoms with Crippen molar-refractivity contribution in [2.45, 2.75) is 31.7 Å². The lowest BCUT2D eigenvalue weighted by Crippen LogP contribution is -2.40. The largest absolute Gasteiger partial charge is 0.396 e. The molecule has 0 aliphatic carbocycles. The van der Waals surface area contributed by atoms with Crippen molar-refractivity contribution in [3.05, 3.63) is 71.8 Å². The summed E-state index contributed by atoms with van der Waals surface area (Å²) in [5.41, 5.74) is 2.66. The zero-order chi connectivity index (χ0) is 18.0. The lowest BCUT2D eigenvalue weighted by molar-refractivity contribution is 0.151. The molecule has 1 fully saturated rings. The maximum Gasteiger partial charge on any atom is 0.0602 e. The average molecular weight is 353 g/mol. The van der Waals surface area contributed by atoms with Crippen molar-refractivity contribution in [3.8, 4) is 0 Å². The summed E-state index contributed by atoms with van der Waals surface area (Å²) in [4.78, 5) is 5.15. The van der Waals surface area contributed by atoms with E-state index in [-0.39, 0.29) is 12.6 Å². The second-order valence-electron chi connectivity index (χ2n) is 7.24. The summed E-state index contributed by atoms with van der Waals surface area (Å²) in [5.74, 6) is 0. The smallest absolute Gasteiger partial charge is 0.0602 e. The quantitative estimate of drug-likeness (QED) is 0.740. The molecule has 0 bridgehead atoms. The van der Waals surface area contributed by atoms with E-state index in [0.29, 0.717) is 0 Å². The molecule has 26 heavy (non-hydrogen) atoms. The highest BCUT2D eigenvalue weighted by Crippen LogP contribution is 2.28. The van der Waals surface area contributed by atoms with Crippen LogP contribution in [0.2, 0.25) is 0 Å². The van der Waals surface area contributed by atoms with Crippen molar-refractivity contribution in [3.63, 3.8) is 0 Å². The van der Waals surface area contributed by atoms with Gasteiger partial charge in [0, 0.05) is 26.2 Å². The summed E-state index contributed by atoms with van der Waals surface area (Å²) in [6.07, 6.45) is 4.85. The van der Waals surface area contributed by atoms with E-state index in [4.69, 9.17) is 0 Å². The van der Waals surface area contributed by atoms with E-state index in [1.54, 1.807) is 0 Å². The van der Waals surface area contributed by atoms with Gasteiger partial charge < -0.3 is 10.0 Å². The predicted molar refractivity (Wildman–Crippen MR) is 108 cm³/mol. The molecule has 0 amide bonds. The van der Waals surface area contributed by atoms with Crippen LogP contribution in [0.25, 0.3) is 0 Å². The van der Waals surface area contributed by atoms with Crippen LogP contribution in [0.5, 0.6) is 0 Å². The molecular formula is C23H32N2O. The Morgan fingerprint density at radius 1 is 0.808 bits per heavy atom. The molecule has 3 heteroatoms. The molecule has 0 radical (unpaired) electrons. The van der Waals surface area contributed by atoms with Crippen molar-refractivity contribution in [2.24, 2.45) is 0 Å². The monoisotopic (exact) mass is 352 g/mol. The van der Waals surface area contributed by atoms with E-state index >= 15 is 0 Å². The van der Waals surface area contributed by atoms with E-state index in [9.17, 15) is 5.11 Å². The molecule has 0 unspecified atom stereocenters. The lowest BCUT2D eigenvalue weighted by Gasteiger charge is -2.35. The SMILES string of the molecule is OCCCN(CCN1CCCCC1)C(c1ccccc1)c1ccccc1. The van der Waals surface area contributed by atoms with Gasteiger partial charge in [0.05, 0.1) is 6.04 Å². The second kappa shape index (κ2) is 10.5. The van der Waals surface area contributed by atoms with Gasteiger partial charge in [-0.3, -0.25) is 4.90 Å². The molecule has 3 rings (SSSR count). The Balaban J connectivity index is 1.80. The number of hydrogen-bond donors (Lipinski definition) is 1. The summed E-state index contributed by atoms with van der Waals surface area (Å²) < 4.78 is 0. The Kier molecular flexibility index (Phi) is 7.68. The van der Waals surface area contributed by atoms with Crippen molar-refractivity contribution in [2.75, 3.05) is 39.3 Å². The molecule has 140 valence electrons. The fraction of sp³-hybridized carbons (Fsp3) is 0.478. The number of hydrogen-bond acceptors (Lipinski definition) is 3. The van der Waals surface area contributed by atoms with Crippen molar-refractivity contribution >= 4 is 0 Å². The van der Waals surface area contributed by atoms with E-state index in [1.807, 2.05) is 0 Å². The number of nitrogens with zero attached hydrogens (tertiary/aromatic N) is 2. The highest BCUT2D eigenvalue weighted by atomic mass is 16.3. The van der Waals surface area contributed by atoms with Crippen molar-refractivity contribution < 1.29 is 5.11 Å². The van der Waals surface area contributed by atoms with Crippen molar-refractivity contribution in [1.29, 1.82) is 0 Å². The molecule has 0 atom stereocenters. The van der Waals surface area contributed by atoms with Gasteiger partial charge in [0.25, 0.3) is 0 Å². The van der Waals surface area contributed by atoms with Crippen LogP contribution in [0.1, 0.15) is 42.9 Å². The molecular weight excluding hydrogens is 320 g/mol. The van der Waals surface area contributed by atoms with Gasteiger partial charge in [0.2, 0.25) is 0 Å². The normalized spacial score (nSPS) is 15.7. The summed E-state index contributed by atoms with van der Waals surface area (Å²) in [7, 11) is 0. The average Bonchev–Trinajstić information content (AvgIpc) is 2.72. The number of likely N-dealkylation sites (tertiary alicyclic amines) is 1. The van der Waals surface area contributed by atoms with E-state index < -0.39 is 0 Å². The van der Waals surface area contributed by atoms with Gasteiger partial charge in [0.1, 0.15) is 0 Å². The molecule has 2 aromatic rings. The first-order chi connectivity index (χ1) is 12.9. The van der Waals surface area contributed by atoms with Crippen LogP contribution in [0, 0.1) is 0 Å². The first kappa shape index (κ1) is 19.1. The van der Waals surface area contributed by atoms with Crippen LogP contribution in [0.3, 0.4) is 0 Å². The van der Waals surface area contributed by atoms with Crippen LogP contribution in [0.4, 0.5) is 0 Å². The van der Waals surface area contributed by atoms with Crippen molar-refractivity contribution in [1.82, 2.24) is 9.80 Å². The summed E-state index contributed by atoms with van der Waals surface area (Å²) >= 11 is 0. The van der Waals surface area contributed by atoms with Crippen LogP contribution < -0.4 is 0 Å². The Hall–Kier alpha value is -1.68. The Morgan fingerprint density at radius 3 is 1.92 bits per heavy atom. The Morgan fingerprint density at radius 2 is 1.38 bits per heavy atom. The molecule has 0 spiro atoms. The minimum Gasteiger partial charge on any atom is -0.396 e. The van der Waals surface area contributed by atoms with E-state index in [2.05, 4.69) is 70.5 Å². The third kappa shape index (κ3) is 5.41. The van der Waals surface area contributed by atoms with Gasteiger partial charge in [-0.25, -0.2) is 0 Å². The first-order valence-corrected chi connectivity index (χ1v) is 10.1. The highest BCUT2D eigenvalue weighted by molar-refractivity contribution is 5.31. The van der Waals surface area contributed by atoms with Gasteiger partial charge in [-0.15, -0.1) is 0 Å². The summed E-state index contributed by atoms with van der Waals surface area (Å²) in [6.45, 7) is 5.77. The molecule has 1 heterocycles. The molecule has 0 saturated carbocycles. The molecule has 0 aromatic heterocycles. The molecule has 3 nitrogen and oxygen atoms in total. The molecule has 1 saturated heterocycles. The standard InChI is InChI=1S/C23H32N2O/c26-20-10-17-25(19-18-24-15-8-3-9-16-24)23(21-11-4-1-5-12-21)22-13-6-2-7-14-22/h1-2,4-7,11-14,23,26H,3,8-10,15-20H2. The summed E-state index contributed by atoms with van der Waals surface area (Å²) in [5, 5.41) is 9.42. The number of piperidine rings is 1. The molecule has 1 N–H and O–H groups in total. The molecule has 2 aromatic carbocycles. The second-order valence-corrected chi connectivity index (χ2v) is 7.24. The number of aliphatic hydroxyl groups excluding tert-OH is 1. The zero-order valence-corrected chi connectivity index (χ0v) is 15.8. The zero-order valence-electron chi connectivity index (χ0n) is 15.8. The first-order valence-electron chi connectivity index (χ1n) is 10.1. The van der Waals surface area contributed by atoms with Gasteiger partial charge in [0.15, 0.2) is 0 Å². The van der Waals surface area contributed by atoms with Crippen LogP contribution in [-0.2, 0) is 0 Å². The van der Waals surface area contributed by atoms with Gasteiger partial charge >= 0.3 is 0 Å². The maximum atomic E-state index is 9.42. The van der Waals surface area contributed by atoms with E-state index in [0.717, 1.165) is 26.1 Å². The fourth-order valence-corrected chi connectivity index (χ4v) is 3.98. The number of benzene rings is 2. The van der Waals surface area contributed by atoms with Crippen LogP contribution in [0.15, 0.2) is 60.7 Å². The molecule has 1 aliphatic heterocycles. The minimum atomic E-state index is 0.244. The minimum absolute atomic E-state index is 0.244. The third-order valence-corrected chi connectivity index (χ3v) is 5.35. The highest BCUT2D eigenvalue weighted by Gasteiger charge is 2.22. The predicted octanol–water partition coefficient (Wildman–Crippen LogP) is 3.95. The van der Waals surface area contributed by atoms with Crippen LogP contribution >= 0.6 is 0 Å².